The van der Waals surface area contributed by atoms with E-state index in [0.29, 0.717) is 10.9 Å². The Balaban J connectivity index is 1.43. The number of aryl methyl sites for hydroxylation is 1. The zero-order valence-corrected chi connectivity index (χ0v) is 18.0. The molecule has 154 valence electrons. The normalized spacial score (nSPS) is 22.0. The standard InChI is InChI=1S/C26H22ClN3O/c1-16-21(27)11-12-22-23(16)29-25(28-22)26-15-18(26)13-14-30(26)24(31)20-10-6-5-9-19(20)17-7-3-2-4-8-17/h2-12,18H,13-15H2,1H3,(H,28,29)/t18-,26+/m1/s1. The van der Waals surface area contributed by atoms with Crippen molar-refractivity contribution in [3.05, 3.63) is 88.7 Å². The minimum atomic E-state index is -0.335. The molecule has 1 saturated carbocycles. The summed E-state index contributed by atoms with van der Waals surface area (Å²) in [6.07, 6.45) is 1.97. The lowest BCUT2D eigenvalue weighted by atomic mass is 9.98. The first-order chi connectivity index (χ1) is 15.1. The van der Waals surface area contributed by atoms with Gasteiger partial charge < -0.3 is 9.88 Å². The second kappa shape index (κ2) is 6.69. The minimum absolute atomic E-state index is 0.0784. The number of aromatic amines is 1. The summed E-state index contributed by atoms with van der Waals surface area (Å²) >= 11 is 6.32. The molecule has 0 radical (unpaired) electrons. The number of nitrogens with one attached hydrogen (secondary N) is 1. The summed E-state index contributed by atoms with van der Waals surface area (Å²) in [5.41, 5.74) is 5.28. The van der Waals surface area contributed by atoms with Crippen LogP contribution in [0.2, 0.25) is 5.02 Å². The number of imidazole rings is 1. The van der Waals surface area contributed by atoms with Crippen molar-refractivity contribution in [3.63, 3.8) is 0 Å². The summed E-state index contributed by atoms with van der Waals surface area (Å²) in [5, 5.41) is 0.714. The molecule has 2 aliphatic rings. The SMILES string of the molecule is Cc1c(Cl)ccc2[nH]c([C@]34C[C@H]3CCN4C(=O)c3ccccc3-c3ccccc3)nc12. The van der Waals surface area contributed by atoms with Crippen LogP contribution in [0, 0.1) is 12.8 Å². The molecule has 1 amide bonds. The number of hydrogen-bond acceptors (Lipinski definition) is 2. The Morgan fingerprint density at radius 1 is 1.10 bits per heavy atom. The molecule has 1 aliphatic carbocycles. The van der Waals surface area contributed by atoms with E-state index < -0.39 is 0 Å². The molecule has 4 nitrogen and oxygen atoms in total. The fourth-order valence-electron chi connectivity index (χ4n) is 5.25. The van der Waals surface area contributed by atoms with Crippen LogP contribution in [0.4, 0.5) is 0 Å². The first-order valence-electron chi connectivity index (χ1n) is 10.7. The lowest BCUT2D eigenvalue weighted by Gasteiger charge is -2.28. The lowest BCUT2D eigenvalue weighted by molar-refractivity contribution is 0.0681. The van der Waals surface area contributed by atoms with Crippen molar-refractivity contribution in [3.8, 4) is 11.1 Å². The van der Waals surface area contributed by atoms with Crippen molar-refractivity contribution in [2.45, 2.75) is 25.3 Å². The number of hydrogen-bond donors (Lipinski definition) is 1. The van der Waals surface area contributed by atoms with E-state index in [1.165, 1.54) is 0 Å². The van der Waals surface area contributed by atoms with E-state index in [-0.39, 0.29) is 11.4 Å². The van der Waals surface area contributed by atoms with Crippen LogP contribution in [0.25, 0.3) is 22.2 Å². The summed E-state index contributed by atoms with van der Waals surface area (Å²) in [6.45, 7) is 2.74. The van der Waals surface area contributed by atoms with Gasteiger partial charge in [-0.15, -0.1) is 0 Å². The molecule has 1 aliphatic heterocycles. The fourth-order valence-corrected chi connectivity index (χ4v) is 5.40. The summed E-state index contributed by atoms with van der Waals surface area (Å²) in [4.78, 5) is 24.4. The van der Waals surface area contributed by atoms with E-state index in [9.17, 15) is 4.79 Å². The smallest absolute Gasteiger partial charge is 0.255 e. The molecule has 1 N–H and O–H groups in total. The maximum Gasteiger partial charge on any atom is 0.255 e. The van der Waals surface area contributed by atoms with Gasteiger partial charge in [-0.2, -0.15) is 0 Å². The molecule has 31 heavy (non-hydrogen) atoms. The van der Waals surface area contributed by atoms with E-state index in [4.69, 9.17) is 16.6 Å². The van der Waals surface area contributed by atoms with Crippen molar-refractivity contribution < 1.29 is 4.79 Å². The highest BCUT2D eigenvalue weighted by atomic mass is 35.5. The van der Waals surface area contributed by atoms with Crippen LogP contribution < -0.4 is 0 Å². The number of H-pyrrole nitrogens is 1. The molecule has 0 unspecified atom stereocenters. The van der Waals surface area contributed by atoms with Crippen LogP contribution in [0.1, 0.15) is 34.6 Å². The van der Waals surface area contributed by atoms with E-state index in [2.05, 4.69) is 17.1 Å². The van der Waals surface area contributed by atoms with Crippen LogP contribution >= 0.6 is 11.6 Å². The highest BCUT2D eigenvalue weighted by molar-refractivity contribution is 6.32. The van der Waals surface area contributed by atoms with E-state index in [1.54, 1.807) is 0 Å². The molecule has 3 aromatic carbocycles. The predicted molar refractivity (Wildman–Crippen MR) is 123 cm³/mol. The van der Waals surface area contributed by atoms with Gasteiger partial charge >= 0.3 is 0 Å². The van der Waals surface area contributed by atoms with Crippen molar-refractivity contribution in [2.75, 3.05) is 6.54 Å². The van der Waals surface area contributed by atoms with Crippen molar-refractivity contribution in [2.24, 2.45) is 5.92 Å². The van der Waals surface area contributed by atoms with Gasteiger partial charge in [-0.25, -0.2) is 4.98 Å². The number of likely N-dealkylation sites (tertiary alicyclic amines) is 1. The number of rotatable bonds is 3. The molecule has 0 bridgehead atoms. The van der Waals surface area contributed by atoms with Gasteiger partial charge in [0.2, 0.25) is 0 Å². The summed E-state index contributed by atoms with van der Waals surface area (Å²) in [6, 6.07) is 21.9. The molecule has 0 spiro atoms. The second-order valence-corrected chi connectivity index (χ2v) is 9.04. The van der Waals surface area contributed by atoms with E-state index in [0.717, 1.165) is 58.5 Å². The Morgan fingerprint density at radius 2 is 1.87 bits per heavy atom. The number of aromatic nitrogens is 2. The van der Waals surface area contributed by atoms with E-state index in [1.807, 2.05) is 66.4 Å². The molecule has 1 saturated heterocycles. The van der Waals surface area contributed by atoms with E-state index >= 15 is 0 Å². The molecular formula is C26H22ClN3O. The first-order valence-corrected chi connectivity index (χ1v) is 11.1. The first kappa shape index (κ1) is 18.6. The average molecular weight is 428 g/mol. The number of halogens is 1. The minimum Gasteiger partial charge on any atom is -0.340 e. The maximum absolute atomic E-state index is 13.9. The summed E-state index contributed by atoms with van der Waals surface area (Å²) in [5.74, 6) is 1.42. The number of fused-ring (bicyclic) bond motifs is 2. The average Bonchev–Trinajstić information content (AvgIpc) is 3.17. The lowest BCUT2D eigenvalue weighted by Crippen LogP contribution is -2.39. The summed E-state index contributed by atoms with van der Waals surface area (Å²) < 4.78 is 0. The van der Waals surface area contributed by atoms with Crippen molar-refractivity contribution >= 4 is 28.5 Å². The number of carbonyl (C=O) groups excluding carboxylic acids is 1. The van der Waals surface area contributed by atoms with Gasteiger partial charge in [0.25, 0.3) is 5.91 Å². The second-order valence-electron chi connectivity index (χ2n) is 8.64. The molecular weight excluding hydrogens is 406 g/mol. The Morgan fingerprint density at radius 3 is 2.68 bits per heavy atom. The largest absolute Gasteiger partial charge is 0.340 e. The number of nitrogens with zero attached hydrogens (tertiary/aromatic N) is 2. The summed E-state index contributed by atoms with van der Waals surface area (Å²) in [7, 11) is 0. The van der Waals surface area contributed by atoms with Crippen molar-refractivity contribution in [1.82, 2.24) is 14.9 Å². The fraction of sp³-hybridized carbons (Fsp3) is 0.231. The van der Waals surface area contributed by atoms with Crippen LogP contribution in [0.15, 0.2) is 66.7 Å². The molecule has 2 atom stereocenters. The quantitative estimate of drug-likeness (QED) is 0.439. The predicted octanol–water partition coefficient (Wildman–Crippen LogP) is 5.95. The Kier molecular flexibility index (Phi) is 4.03. The molecule has 5 heteroatoms. The Labute approximate surface area is 185 Å². The van der Waals surface area contributed by atoms with Gasteiger partial charge in [-0.3, -0.25) is 4.79 Å². The Bertz CT molecular complexity index is 1330. The van der Waals surface area contributed by atoms with Gasteiger partial charge in [-0.1, -0.05) is 60.1 Å². The van der Waals surface area contributed by atoms with Crippen molar-refractivity contribution in [1.29, 1.82) is 0 Å². The topological polar surface area (TPSA) is 49.0 Å². The molecule has 2 heterocycles. The number of piperidine rings is 1. The highest BCUT2D eigenvalue weighted by Gasteiger charge is 2.66. The Hall–Kier alpha value is -3.11. The van der Waals surface area contributed by atoms with Crippen LogP contribution in [0.3, 0.4) is 0 Å². The highest BCUT2D eigenvalue weighted by Crippen LogP contribution is 2.62. The van der Waals surface area contributed by atoms with Gasteiger partial charge in [0.15, 0.2) is 0 Å². The number of amides is 1. The maximum atomic E-state index is 13.9. The number of benzene rings is 3. The number of carbonyl (C=O) groups is 1. The zero-order valence-electron chi connectivity index (χ0n) is 17.2. The molecule has 1 aromatic heterocycles. The third kappa shape index (κ3) is 2.68. The molecule has 4 aromatic rings. The third-order valence-electron chi connectivity index (χ3n) is 6.99. The zero-order chi connectivity index (χ0) is 21.2. The van der Waals surface area contributed by atoms with Gasteiger partial charge in [0, 0.05) is 17.1 Å². The van der Waals surface area contributed by atoms with Gasteiger partial charge in [0.05, 0.1) is 11.0 Å². The molecule has 6 rings (SSSR count). The third-order valence-corrected chi connectivity index (χ3v) is 7.40. The monoisotopic (exact) mass is 427 g/mol. The van der Waals surface area contributed by atoms with Gasteiger partial charge in [0.1, 0.15) is 11.4 Å². The van der Waals surface area contributed by atoms with Crippen LogP contribution in [0.5, 0.6) is 0 Å². The van der Waals surface area contributed by atoms with Crippen LogP contribution in [-0.2, 0) is 5.54 Å². The molecule has 2 fully saturated rings. The van der Waals surface area contributed by atoms with Crippen LogP contribution in [-0.4, -0.2) is 27.3 Å². The van der Waals surface area contributed by atoms with Gasteiger partial charge in [-0.05, 0) is 60.6 Å².